The summed E-state index contributed by atoms with van der Waals surface area (Å²) in [5, 5.41) is 3.46. The van der Waals surface area contributed by atoms with E-state index in [0.717, 1.165) is 37.4 Å². The third-order valence-electron chi connectivity index (χ3n) is 4.41. The monoisotopic (exact) mass is 345 g/mol. The Morgan fingerprint density at radius 3 is 2.64 bits per heavy atom. The van der Waals surface area contributed by atoms with Crippen LogP contribution >= 0.6 is 24.8 Å². The molecule has 6 heteroatoms. The molecule has 1 unspecified atom stereocenters. The van der Waals surface area contributed by atoms with Gasteiger partial charge in [0, 0.05) is 32.6 Å². The number of hydrogen-bond donors (Lipinski definition) is 1. The van der Waals surface area contributed by atoms with Crippen LogP contribution in [0.25, 0.3) is 0 Å². The number of carbonyl (C=O) groups is 1. The second-order valence-electron chi connectivity index (χ2n) is 5.79. The third-order valence-corrected chi connectivity index (χ3v) is 4.41. The van der Waals surface area contributed by atoms with Crippen molar-refractivity contribution in [2.75, 3.05) is 36.5 Å². The van der Waals surface area contributed by atoms with Gasteiger partial charge in [-0.15, -0.1) is 24.8 Å². The fourth-order valence-electron chi connectivity index (χ4n) is 3.20. The molecule has 1 aromatic carbocycles. The van der Waals surface area contributed by atoms with Crippen LogP contribution in [0.15, 0.2) is 24.3 Å². The predicted octanol–water partition coefficient (Wildman–Crippen LogP) is 2.85. The summed E-state index contributed by atoms with van der Waals surface area (Å²) >= 11 is 0. The molecule has 1 atom stereocenters. The van der Waals surface area contributed by atoms with E-state index >= 15 is 0 Å². The summed E-state index contributed by atoms with van der Waals surface area (Å²) in [5.41, 5.74) is 2.22. The first kappa shape index (κ1) is 19.1. The molecular formula is C16H25Cl2N3O. The molecule has 3 rings (SSSR count). The second-order valence-corrected chi connectivity index (χ2v) is 5.79. The lowest BCUT2D eigenvalue weighted by Crippen LogP contribution is -2.43. The molecule has 2 aliphatic heterocycles. The fourth-order valence-corrected chi connectivity index (χ4v) is 3.20. The van der Waals surface area contributed by atoms with Gasteiger partial charge in [0.05, 0.1) is 11.4 Å². The van der Waals surface area contributed by atoms with Crippen molar-refractivity contribution in [1.82, 2.24) is 5.32 Å². The summed E-state index contributed by atoms with van der Waals surface area (Å²) in [6, 6.07) is 8.73. The van der Waals surface area contributed by atoms with Crippen molar-refractivity contribution in [3.05, 3.63) is 24.3 Å². The highest BCUT2D eigenvalue weighted by atomic mass is 35.5. The number of nitrogens with zero attached hydrogens (tertiary/aromatic N) is 2. The SMILES string of the molecule is CN1CCN(C(=O)CCC2CCCN2)c2ccccc21.Cl.Cl. The Bertz CT molecular complexity index is 492. The molecule has 0 bridgehead atoms. The summed E-state index contributed by atoms with van der Waals surface area (Å²) in [6.07, 6.45) is 4.08. The van der Waals surface area contributed by atoms with Crippen LogP contribution in [0, 0.1) is 0 Å². The van der Waals surface area contributed by atoms with Gasteiger partial charge in [0.15, 0.2) is 0 Å². The van der Waals surface area contributed by atoms with Crippen LogP contribution in [-0.4, -0.2) is 38.6 Å². The number of fused-ring (bicyclic) bond motifs is 1. The lowest BCUT2D eigenvalue weighted by atomic mass is 10.1. The van der Waals surface area contributed by atoms with Gasteiger partial charge in [0.2, 0.25) is 5.91 Å². The maximum Gasteiger partial charge on any atom is 0.227 e. The Kier molecular flexibility index (Phi) is 7.46. The van der Waals surface area contributed by atoms with Gasteiger partial charge < -0.3 is 15.1 Å². The normalized spacial score (nSPS) is 20.0. The molecule has 0 saturated carbocycles. The van der Waals surface area contributed by atoms with E-state index < -0.39 is 0 Å². The largest absolute Gasteiger partial charge is 0.371 e. The molecular weight excluding hydrogens is 321 g/mol. The summed E-state index contributed by atoms with van der Waals surface area (Å²) in [6.45, 7) is 2.81. The third kappa shape index (κ3) is 4.06. The van der Waals surface area contributed by atoms with Gasteiger partial charge in [0.1, 0.15) is 0 Å². The van der Waals surface area contributed by atoms with Crippen LogP contribution in [0.4, 0.5) is 11.4 Å². The Balaban J connectivity index is 0.00000121. The number of para-hydroxylation sites is 2. The minimum Gasteiger partial charge on any atom is -0.371 e. The molecule has 22 heavy (non-hydrogen) atoms. The molecule has 0 spiro atoms. The van der Waals surface area contributed by atoms with Crippen LogP contribution in [-0.2, 0) is 4.79 Å². The number of hydrogen-bond acceptors (Lipinski definition) is 3. The summed E-state index contributed by atoms with van der Waals surface area (Å²) in [4.78, 5) is 16.7. The van der Waals surface area contributed by atoms with E-state index in [1.54, 1.807) is 0 Å². The first-order valence-corrected chi connectivity index (χ1v) is 7.59. The highest BCUT2D eigenvalue weighted by molar-refractivity contribution is 5.97. The molecule has 2 aliphatic rings. The molecule has 1 fully saturated rings. The molecule has 1 N–H and O–H groups in total. The molecule has 4 nitrogen and oxygen atoms in total. The van der Waals surface area contributed by atoms with Crippen LogP contribution in [0.3, 0.4) is 0 Å². The van der Waals surface area contributed by atoms with Crippen LogP contribution in [0.2, 0.25) is 0 Å². The lowest BCUT2D eigenvalue weighted by Gasteiger charge is -2.35. The zero-order chi connectivity index (χ0) is 13.9. The van der Waals surface area contributed by atoms with E-state index in [4.69, 9.17) is 0 Å². The topological polar surface area (TPSA) is 35.6 Å². The fraction of sp³-hybridized carbons (Fsp3) is 0.562. The van der Waals surface area contributed by atoms with Gasteiger partial charge in [-0.25, -0.2) is 0 Å². The lowest BCUT2D eigenvalue weighted by molar-refractivity contribution is -0.118. The Morgan fingerprint density at radius 2 is 1.95 bits per heavy atom. The molecule has 1 saturated heterocycles. The maximum atomic E-state index is 12.5. The Hall–Kier alpha value is -0.970. The number of nitrogens with one attached hydrogen (secondary N) is 1. The molecule has 0 aliphatic carbocycles. The van der Waals surface area contributed by atoms with Gasteiger partial charge in [-0.1, -0.05) is 12.1 Å². The van der Waals surface area contributed by atoms with Crippen molar-refractivity contribution in [3.8, 4) is 0 Å². The summed E-state index contributed by atoms with van der Waals surface area (Å²) in [5.74, 6) is 0.263. The van der Waals surface area contributed by atoms with Crippen LogP contribution < -0.4 is 15.1 Å². The average Bonchev–Trinajstić information content (AvgIpc) is 2.99. The van der Waals surface area contributed by atoms with Gasteiger partial charge in [0.25, 0.3) is 0 Å². The minimum absolute atomic E-state index is 0. The van der Waals surface area contributed by atoms with E-state index in [-0.39, 0.29) is 30.7 Å². The zero-order valence-corrected chi connectivity index (χ0v) is 14.6. The van der Waals surface area contributed by atoms with E-state index in [0.29, 0.717) is 12.5 Å². The molecule has 124 valence electrons. The number of rotatable bonds is 3. The number of amides is 1. The van der Waals surface area contributed by atoms with Crippen LogP contribution in [0.1, 0.15) is 25.7 Å². The quantitative estimate of drug-likeness (QED) is 0.914. The van der Waals surface area contributed by atoms with E-state index in [1.807, 2.05) is 17.0 Å². The molecule has 2 heterocycles. The standard InChI is InChI=1S/C16H23N3O.2ClH/c1-18-11-12-19(15-7-3-2-6-14(15)18)16(20)9-8-13-5-4-10-17-13;;/h2-3,6-7,13,17H,4-5,8-12H2,1H3;2*1H. The van der Waals surface area contributed by atoms with Crippen molar-refractivity contribution >= 4 is 42.1 Å². The van der Waals surface area contributed by atoms with Gasteiger partial charge >= 0.3 is 0 Å². The molecule has 0 aromatic heterocycles. The predicted molar refractivity (Wildman–Crippen MR) is 96.8 cm³/mol. The van der Waals surface area contributed by atoms with Crippen molar-refractivity contribution in [2.45, 2.75) is 31.7 Å². The minimum atomic E-state index is 0. The van der Waals surface area contributed by atoms with Crippen molar-refractivity contribution in [2.24, 2.45) is 0 Å². The van der Waals surface area contributed by atoms with Crippen LogP contribution in [0.5, 0.6) is 0 Å². The maximum absolute atomic E-state index is 12.5. The molecule has 1 amide bonds. The first-order valence-electron chi connectivity index (χ1n) is 7.59. The Morgan fingerprint density at radius 1 is 1.23 bits per heavy atom. The summed E-state index contributed by atoms with van der Waals surface area (Å²) < 4.78 is 0. The van der Waals surface area contributed by atoms with Crippen molar-refractivity contribution in [1.29, 1.82) is 0 Å². The first-order chi connectivity index (χ1) is 9.75. The van der Waals surface area contributed by atoms with Gasteiger partial charge in [-0.05, 0) is 37.9 Å². The average molecular weight is 346 g/mol. The van der Waals surface area contributed by atoms with Gasteiger partial charge in [-0.3, -0.25) is 4.79 Å². The number of carbonyl (C=O) groups excluding carboxylic acids is 1. The van der Waals surface area contributed by atoms with E-state index in [1.165, 1.54) is 12.8 Å². The zero-order valence-electron chi connectivity index (χ0n) is 13.0. The number of benzene rings is 1. The number of likely N-dealkylation sites (N-methyl/N-ethyl adjacent to an activating group) is 1. The van der Waals surface area contributed by atoms with Crippen molar-refractivity contribution in [3.63, 3.8) is 0 Å². The second kappa shape index (κ2) is 8.61. The number of halogens is 2. The highest BCUT2D eigenvalue weighted by Gasteiger charge is 2.25. The van der Waals surface area contributed by atoms with Gasteiger partial charge in [-0.2, -0.15) is 0 Å². The van der Waals surface area contributed by atoms with E-state index in [2.05, 4.69) is 29.4 Å². The van der Waals surface area contributed by atoms with Crippen molar-refractivity contribution < 1.29 is 4.79 Å². The molecule has 0 radical (unpaired) electrons. The number of anilines is 2. The Labute approximate surface area is 145 Å². The smallest absolute Gasteiger partial charge is 0.227 e. The summed E-state index contributed by atoms with van der Waals surface area (Å²) in [7, 11) is 2.09. The van der Waals surface area contributed by atoms with E-state index in [9.17, 15) is 4.79 Å². The highest BCUT2D eigenvalue weighted by Crippen LogP contribution is 2.32. The molecule has 1 aromatic rings.